The summed E-state index contributed by atoms with van der Waals surface area (Å²) >= 11 is 0. The van der Waals surface area contributed by atoms with E-state index in [1.165, 1.54) is 5.56 Å². The van der Waals surface area contributed by atoms with Gasteiger partial charge in [-0.15, -0.1) is 0 Å². The molecule has 1 aromatic rings. The molecule has 1 aliphatic heterocycles. The molecule has 1 heterocycles. The van der Waals surface area contributed by atoms with Crippen LogP contribution >= 0.6 is 0 Å². The van der Waals surface area contributed by atoms with Gasteiger partial charge in [-0.25, -0.2) is 0 Å². The standard InChI is InChI=1S/C12H16O2/c1-4-12(2,3)9-6-5-7-10-11(9)14-8-13-10/h5-7H,4,8H2,1-3H3. The summed E-state index contributed by atoms with van der Waals surface area (Å²) in [5.74, 6) is 1.81. The summed E-state index contributed by atoms with van der Waals surface area (Å²) in [6, 6.07) is 6.11. The Hall–Kier alpha value is -1.18. The predicted octanol–water partition coefficient (Wildman–Crippen LogP) is 3.10. The summed E-state index contributed by atoms with van der Waals surface area (Å²) in [6.45, 7) is 7.00. The number of benzene rings is 1. The van der Waals surface area contributed by atoms with Crippen molar-refractivity contribution in [1.29, 1.82) is 0 Å². The molecule has 0 atom stereocenters. The van der Waals surface area contributed by atoms with Crippen LogP contribution in [-0.4, -0.2) is 6.79 Å². The first-order valence-electron chi connectivity index (χ1n) is 5.04. The van der Waals surface area contributed by atoms with Crippen molar-refractivity contribution in [1.82, 2.24) is 0 Å². The second kappa shape index (κ2) is 3.19. The maximum Gasteiger partial charge on any atom is 0.231 e. The maximum absolute atomic E-state index is 5.50. The van der Waals surface area contributed by atoms with E-state index in [2.05, 4.69) is 26.8 Å². The summed E-state index contributed by atoms with van der Waals surface area (Å²) in [5, 5.41) is 0. The van der Waals surface area contributed by atoms with Gasteiger partial charge in [0, 0.05) is 5.56 Å². The van der Waals surface area contributed by atoms with Crippen LogP contribution in [-0.2, 0) is 5.41 Å². The SMILES string of the molecule is CCC(C)(C)c1cccc2c1OCO2. The zero-order valence-electron chi connectivity index (χ0n) is 8.96. The first kappa shape index (κ1) is 9.38. The highest BCUT2D eigenvalue weighted by Crippen LogP contribution is 2.42. The highest BCUT2D eigenvalue weighted by Gasteiger charge is 2.27. The van der Waals surface area contributed by atoms with Gasteiger partial charge < -0.3 is 9.47 Å². The number of para-hydroxylation sites is 1. The first-order valence-corrected chi connectivity index (χ1v) is 5.04. The van der Waals surface area contributed by atoms with E-state index in [0.717, 1.165) is 17.9 Å². The van der Waals surface area contributed by atoms with Gasteiger partial charge in [-0.1, -0.05) is 32.9 Å². The first-order chi connectivity index (χ1) is 6.65. The monoisotopic (exact) mass is 192 g/mol. The van der Waals surface area contributed by atoms with Gasteiger partial charge in [0.05, 0.1) is 0 Å². The molecule has 0 N–H and O–H groups in total. The molecule has 0 radical (unpaired) electrons. The van der Waals surface area contributed by atoms with Crippen molar-refractivity contribution in [2.24, 2.45) is 0 Å². The van der Waals surface area contributed by atoms with E-state index in [9.17, 15) is 0 Å². The minimum absolute atomic E-state index is 0.152. The predicted molar refractivity (Wildman–Crippen MR) is 55.9 cm³/mol. The number of fused-ring (bicyclic) bond motifs is 1. The Labute approximate surface area is 84.8 Å². The van der Waals surface area contributed by atoms with E-state index >= 15 is 0 Å². The molecule has 0 spiro atoms. The van der Waals surface area contributed by atoms with Crippen LogP contribution in [0.5, 0.6) is 11.5 Å². The van der Waals surface area contributed by atoms with Crippen molar-refractivity contribution in [2.45, 2.75) is 32.6 Å². The lowest BCUT2D eigenvalue weighted by molar-refractivity contribution is 0.172. The fourth-order valence-corrected chi connectivity index (χ4v) is 1.65. The van der Waals surface area contributed by atoms with Crippen LogP contribution < -0.4 is 9.47 Å². The molecule has 0 amide bonds. The molecule has 0 aromatic heterocycles. The lowest BCUT2D eigenvalue weighted by Gasteiger charge is -2.24. The van der Waals surface area contributed by atoms with Gasteiger partial charge in [-0.2, -0.15) is 0 Å². The fourth-order valence-electron chi connectivity index (χ4n) is 1.65. The van der Waals surface area contributed by atoms with Crippen LogP contribution in [0.3, 0.4) is 0 Å². The van der Waals surface area contributed by atoms with Crippen molar-refractivity contribution < 1.29 is 9.47 Å². The van der Waals surface area contributed by atoms with E-state index in [4.69, 9.17) is 9.47 Å². The summed E-state index contributed by atoms with van der Waals surface area (Å²) in [7, 11) is 0. The lowest BCUT2D eigenvalue weighted by Crippen LogP contribution is -2.16. The summed E-state index contributed by atoms with van der Waals surface area (Å²) < 4.78 is 10.9. The van der Waals surface area contributed by atoms with E-state index in [1.54, 1.807) is 0 Å². The van der Waals surface area contributed by atoms with Crippen molar-refractivity contribution in [3.05, 3.63) is 23.8 Å². The number of rotatable bonds is 2. The molecule has 1 aliphatic rings. The summed E-state index contributed by atoms with van der Waals surface area (Å²) in [5.41, 5.74) is 1.40. The maximum atomic E-state index is 5.50. The highest BCUT2D eigenvalue weighted by atomic mass is 16.7. The average molecular weight is 192 g/mol. The van der Waals surface area contributed by atoms with Crippen molar-refractivity contribution >= 4 is 0 Å². The van der Waals surface area contributed by atoms with E-state index < -0.39 is 0 Å². The minimum atomic E-state index is 0.152. The van der Waals surface area contributed by atoms with Crippen molar-refractivity contribution in [2.75, 3.05) is 6.79 Å². The molecule has 0 fully saturated rings. The zero-order valence-corrected chi connectivity index (χ0v) is 8.96. The Morgan fingerprint density at radius 1 is 1.29 bits per heavy atom. The smallest absolute Gasteiger partial charge is 0.231 e. The Balaban J connectivity index is 2.49. The summed E-state index contributed by atoms with van der Waals surface area (Å²) in [4.78, 5) is 0. The molecule has 2 rings (SSSR count). The van der Waals surface area contributed by atoms with Gasteiger partial charge >= 0.3 is 0 Å². The molecule has 76 valence electrons. The van der Waals surface area contributed by atoms with Crippen LogP contribution in [0.4, 0.5) is 0 Å². The third-order valence-electron chi connectivity index (χ3n) is 3.01. The zero-order chi connectivity index (χ0) is 10.2. The topological polar surface area (TPSA) is 18.5 Å². The molecule has 0 saturated heterocycles. The van der Waals surface area contributed by atoms with Gasteiger partial charge in [0.2, 0.25) is 6.79 Å². The summed E-state index contributed by atoms with van der Waals surface area (Å²) in [6.07, 6.45) is 1.09. The second-order valence-corrected chi connectivity index (χ2v) is 4.28. The average Bonchev–Trinajstić information content (AvgIpc) is 2.64. The molecular formula is C12H16O2. The number of ether oxygens (including phenoxy) is 2. The third-order valence-corrected chi connectivity index (χ3v) is 3.01. The number of hydrogen-bond acceptors (Lipinski definition) is 2. The number of hydrogen-bond donors (Lipinski definition) is 0. The second-order valence-electron chi connectivity index (χ2n) is 4.28. The quantitative estimate of drug-likeness (QED) is 0.716. The van der Waals surface area contributed by atoms with Gasteiger partial charge in [-0.05, 0) is 17.9 Å². The molecule has 0 saturated carbocycles. The molecule has 0 bridgehead atoms. The Morgan fingerprint density at radius 3 is 2.79 bits per heavy atom. The molecule has 2 heteroatoms. The lowest BCUT2D eigenvalue weighted by atomic mass is 9.81. The Bertz CT molecular complexity index is 342. The van der Waals surface area contributed by atoms with E-state index in [1.807, 2.05) is 12.1 Å². The molecule has 0 unspecified atom stereocenters. The van der Waals surface area contributed by atoms with Crippen LogP contribution in [0, 0.1) is 0 Å². The van der Waals surface area contributed by atoms with Gasteiger partial charge in [-0.3, -0.25) is 0 Å². The Kier molecular flexibility index (Phi) is 2.14. The normalized spacial score (nSPS) is 14.5. The van der Waals surface area contributed by atoms with Crippen molar-refractivity contribution in [3.8, 4) is 11.5 Å². The third kappa shape index (κ3) is 1.35. The molecule has 1 aromatic carbocycles. The van der Waals surface area contributed by atoms with Gasteiger partial charge in [0.1, 0.15) is 0 Å². The minimum Gasteiger partial charge on any atom is -0.454 e. The highest BCUT2D eigenvalue weighted by molar-refractivity contribution is 5.50. The van der Waals surface area contributed by atoms with Gasteiger partial charge in [0.25, 0.3) is 0 Å². The van der Waals surface area contributed by atoms with Gasteiger partial charge in [0.15, 0.2) is 11.5 Å². The van der Waals surface area contributed by atoms with Crippen LogP contribution in [0.25, 0.3) is 0 Å². The fraction of sp³-hybridized carbons (Fsp3) is 0.500. The van der Waals surface area contributed by atoms with Crippen LogP contribution in [0.2, 0.25) is 0 Å². The van der Waals surface area contributed by atoms with E-state index in [0.29, 0.717) is 6.79 Å². The molecular weight excluding hydrogens is 176 g/mol. The molecule has 14 heavy (non-hydrogen) atoms. The van der Waals surface area contributed by atoms with Crippen molar-refractivity contribution in [3.63, 3.8) is 0 Å². The molecule has 0 aliphatic carbocycles. The Morgan fingerprint density at radius 2 is 2.07 bits per heavy atom. The van der Waals surface area contributed by atoms with Crippen LogP contribution in [0.15, 0.2) is 18.2 Å². The largest absolute Gasteiger partial charge is 0.454 e. The molecule has 2 nitrogen and oxygen atoms in total. The van der Waals surface area contributed by atoms with Crippen LogP contribution in [0.1, 0.15) is 32.8 Å². The van der Waals surface area contributed by atoms with E-state index in [-0.39, 0.29) is 5.41 Å².